The van der Waals surface area contributed by atoms with Crippen LogP contribution in [-0.2, 0) is 55.6 Å². The van der Waals surface area contributed by atoms with Gasteiger partial charge in [0.05, 0.1) is 40.3 Å². The number of nitrogens with two attached hydrogens (primary N) is 1. The SMILES string of the molecule is CCc1cccc2c1-n1nc3c(c1C1(C)C2=C(F)C(C)(OC)c2c1ccn2C(=O)OCOC(=O)CN)CN(c1ncc(C(F)(F)F)cn1)CC3. The van der Waals surface area contributed by atoms with E-state index >= 15 is 4.39 Å². The number of nitrogens with zero attached hydrogens (tertiary/aromatic N) is 6. The highest BCUT2D eigenvalue weighted by Crippen LogP contribution is 2.61. The number of rotatable bonds is 6. The highest BCUT2D eigenvalue weighted by atomic mass is 19.4. The molecule has 0 bridgehead atoms. The Bertz CT molecular complexity index is 2070. The minimum atomic E-state index is -4.59. The minimum Gasteiger partial charge on any atom is -0.427 e. The summed E-state index contributed by atoms with van der Waals surface area (Å²) in [6, 6.07) is 7.36. The smallest absolute Gasteiger partial charge is 0.421 e. The van der Waals surface area contributed by atoms with E-state index in [0.29, 0.717) is 47.5 Å². The maximum absolute atomic E-state index is 17.6. The molecule has 1 aromatic carbocycles. The predicted molar refractivity (Wildman–Crippen MR) is 170 cm³/mol. The van der Waals surface area contributed by atoms with Crippen LogP contribution in [0, 0.1) is 0 Å². The molecule has 4 aromatic rings. The second-order valence-electron chi connectivity index (χ2n) is 12.5. The van der Waals surface area contributed by atoms with E-state index in [2.05, 4.69) is 9.97 Å². The number of esters is 1. The Balaban J connectivity index is 1.43. The van der Waals surface area contributed by atoms with Crippen molar-refractivity contribution >= 4 is 23.6 Å². The predicted octanol–water partition coefficient (Wildman–Crippen LogP) is 4.93. The van der Waals surface area contributed by atoms with Crippen molar-refractivity contribution in [3.05, 3.63) is 93.6 Å². The molecule has 2 atom stereocenters. The van der Waals surface area contributed by atoms with E-state index in [-0.39, 0.29) is 18.2 Å². The van der Waals surface area contributed by atoms with Crippen molar-refractivity contribution in [1.29, 1.82) is 0 Å². The molecule has 0 spiro atoms. The second kappa shape index (κ2) is 11.8. The van der Waals surface area contributed by atoms with Gasteiger partial charge in [0, 0.05) is 61.9 Å². The monoisotopic (exact) mass is 695 g/mol. The van der Waals surface area contributed by atoms with Gasteiger partial charge in [0.1, 0.15) is 5.83 Å². The average molecular weight is 696 g/mol. The Hall–Kier alpha value is -5.09. The molecule has 0 saturated carbocycles. The molecule has 3 aromatic heterocycles. The number of aryl methyl sites for hydroxylation is 1. The van der Waals surface area contributed by atoms with Gasteiger partial charge >= 0.3 is 18.2 Å². The molecule has 0 fully saturated rings. The fraction of sp³-hybridized carbons (Fsp3) is 0.382. The third-order valence-electron chi connectivity index (χ3n) is 9.93. The summed E-state index contributed by atoms with van der Waals surface area (Å²) in [5, 5.41) is 5.08. The first-order chi connectivity index (χ1) is 23.8. The largest absolute Gasteiger partial charge is 0.427 e. The maximum atomic E-state index is 17.6. The van der Waals surface area contributed by atoms with Crippen molar-refractivity contribution in [2.24, 2.45) is 5.73 Å². The number of anilines is 1. The van der Waals surface area contributed by atoms with Gasteiger partial charge in [-0.05, 0) is 37.5 Å². The van der Waals surface area contributed by atoms with Crippen molar-refractivity contribution in [2.75, 3.05) is 31.9 Å². The number of aromatic nitrogens is 5. The molecular formula is C34H33F4N7O5. The van der Waals surface area contributed by atoms with E-state index in [9.17, 15) is 22.8 Å². The molecule has 2 unspecified atom stereocenters. The molecule has 0 saturated heterocycles. The van der Waals surface area contributed by atoms with Gasteiger partial charge in [0.25, 0.3) is 0 Å². The number of alkyl halides is 3. The highest BCUT2D eigenvalue weighted by molar-refractivity contribution is 5.92. The summed E-state index contributed by atoms with van der Waals surface area (Å²) in [7, 11) is 1.35. The van der Waals surface area contributed by atoms with Crippen molar-refractivity contribution in [3.8, 4) is 5.69 Å². The standard InChI is InChI=1S/C34H33F4N7O5/c1-5-18-7-6-8-20-25-27(35)33(3,48-4)29-22(9-12-44(29)31(47)50-17-49-24(46)13-39)32(25,2)28-21-16-43(11-10-23(21)42-45(28)26(18)20)30-40-14-19(15-41-30)34(36,37)38/h6-9,12,14-15H,5,10-11,13,16-17,39H2,1-4H3. The Morgan fingerprint density at radius 3 is 2.48 bits per heavy atom. The maximum Gasteiger partial charge on any atom is 0.421 e. The van der Waals surface area contributed by atoms with Gasteiger partial charge in [-0.15, -0.1) is 0 Å². The lowest BCUT2D eigenvalue weighted by Gasteiger charge is -2.47. The third kappa shape index (κ3) is 4.75. The molecule has 2 aliphatic heterocycles. The number of ether oxygens (including phenoxy) is 3. The number of hydrogen-bond acceptors (Lipinski definition) is 10. The van der Waals surface area contributed by atoms with Crippen molar-refractivity contribution in [2.45, 2.75) is 57.3 Å². The topological polar surface area (TPSA) is 140 Å². The molecule has 2 N–H and O–H groups in total. The van der Waals surface area contributed by atoms with Gasteiger partial charge < -0.3 is 24.8 Å². The minimum absolute atomic E-state index is 0.113. The number of allylic oxidation sites excluding steroid dienone is 1. The van der Waals surface area contributed by atoms with Crippen LogP contribution in [0.5, 0.6) is 0 Å². The molecule has 0 amide bonds. The molecular weight excluding hydrogens is 662 g/mol. The van der Waals surface area contributed by atoms with Crippen LogP contribution in [0.25, 0.3) is 11.3 Å². The van der Waals surface area contributed by atoms with Gasteiger partial charge in [-0.25, -0.2) is 23.8 Å². The first-order valence-electron chi connectivity index (χ1n) is 15.9. The highest BCUT2D eigenvalue weighted by Gasteiger charge is 2.57. The zero-order valence-electron chi connectivity index (χ0n) is 27.6. The fourth-order valence-corrected chi connectivity index (χ4v) is 7.44. The molecule has 1 aliphatic carbocycles. The van der Waals surface area contributed by atoms with Gasteiger partial charge in [-0.2, -0.15) is 18.3 Å². The van der Waals surface area contributed by atoms with Crippen LogP contribution < -0.4 is 10.6 Å². The van der Waals surface area contributed by atoms with Crippen molar-refractivity contribution < 1.29 is 41.4 Å². The van der Waals surface area contributed by atoms with Crippen LogP contribution in [0.15, 0.2) is 48.7 Å². The zero-order valence-corrected chi connectivity index (χ0v) is 27.6. The average Bonchev–Trinajstić information content (AvgIpc) is 3.74. The second-order valence-corrected chi connectivity index (χ2v) is 12.5. The quantitative estimate of drug-likeness (QED) is 0.168. The number of carbonyl (C=O) groups is 2. The van der Waals surface area contributed by atoms with Crippen LogP contribution in [0.2, 0.25) is 0 Å². The number of carbonyl (C=O) groups excluding carboxylic acids is 2. The zero-order chi connectivity index (χ0) is 35.7. The third-order valence-corrected chi connectivity index (χ3v) is 9.93. The Labute approximate surface area is 283 Å². The Kier molecular flexibility index (Phi) is 7.86. The normalized spacial score (nSPS) is 20.8. The van der Waals surface area contributed by atoms with E-state index < -0.39 is 54.0 Å². The van der Waals surface area contributed by atoms with E-state index in [1.165, 1.54) is 20.2 Å². The van der Waals surface area contributed by atoms with Gasteiger partial charge in [0.15, 0.2) is 5.60 Å². The van der Waals surface area contributed by atoms with Gasteiger partial charge in [-0.3, -0.25) is 9.36 Å². The van der Waals surface area contributed by atoms with E-state index in [0.717, 1.165) is 33.8 Å². The summed E-state index contributed by atoms with van der Waals surface area (Å²) in [4.78, 5) is 34.8. The van der Waals surface area contributed by atoms with Crippen LogP contribution in [0.1, 0.15) is 65.7 Å². The summed E-state index contributed by atoms with van der Waals surface area (Å²) in [6.45, 7) is 4.83. The molecule has 12 nitrogen and oxygen atoms in total. The summed E-state index contributed by atoms with van der Waals surface area (Å²) < 4.78 is 76.3. The summed E-state index contributed by atoms with van der Waals surface area (Å²) in [6.07, 6.45) is -1.53. The fourth-order valence-electron chi connectivity index (χ4n) is 7.44. The first-order valence-corrected chi connectivity index (χ1v) is 15.9. The van der Waals surface area contributed by atoms with E-state index in [4.69, 9.17) is 25.0 Å². The van der Waals surface area contributed by atoms with Crippen molar-refractivity contribution in [1.82, 2.24) is 24.3 Å². The first kappa shape index (κ1) is 33.4. The molecule has 0 radical (unpaired) electrons. The van der Waals surface area contributed by atoms with E-state index in [1.54, 1.807) is 11.0 Å². The summed E-state index contributed by atoms with van der Waals surface area (Å²) in [5.74, 6) is -1.30. The molecule has 3 aliphatic rings. The number of methoxy groups -OCH3 is 1. The Morgan fingerprint density at radius 1 is 1.08 bits per heavy atom. The number of fused-ring (bicyclic) bond motifs is 10. The molecule has 7 rings (SSSR count). The summed E-state index contributed by atoms with van der Waals surface area (Å²) in [5.41, 5.74) is 6.67. The Morgan fingerprint density at radius 2 is 1.82 bits per heavy atom. The van der Waals surface area contributed by atoms with Gasteiger partial charge in [-0.1, -0.05) is 25.1 Å². The molecule has 50 heavy (non-hydrogen) atoms. The van der Waals surface area contributed by atoms with E-state index in [1.807, 2.05) is 36.7 Å². The molecule has 262 valence electrons. The number of benzene rings is 1. The lowest BCUT2D eigenvalue weighted by Crippen LogP contribution is -2.45. The molecule has 5 heterocycles. The lowest BCUT2D eigenvalue weighted by molar-refractivity contribution is -0.150. The number of para-hydroxylation sites is 1. The van der Waals surface area contributed by atoms with Crippen LogP contribution in [0.3, 0.4) is 0 Å². The number of halogens is 4. The summed E-state index contributed by atoms with van der Waals surface area (Å²) >= 11 is 0. The van der Waals surface area contributed by atoms with Crippen LogP contribution >= 0.6 is 0 Å². The van der Waals surface area contributed by atoms with Gasteiger partial charge in [0.2, 0.25) is 12.7 Å². The molecule has 16 heteroatoms. The van der Waals surface area contributed by atoms with Crippen LogP contribution in [0.4, 0.5) is 28.3 Å². The lowest BCUT2D eigenvalue weighted by atomic mass is 9.61. The van der Waals surface area contributed by atoms with Crippen LogP contribution in [-0.4, -0.2) is 63.4 Å². The number of hydrogen-bond donors (Lipinski definition) is 1. The van der Waals surface area contributed by atoms with Crippen molar-refractivity contribution in [3.63, 3.8) is 0 Å².